The zero-order valence-corrected chi connectivity index (χ0v) is 12.6. The maximum atomic E-state index is 12.3. The summed E-state index contributed by atoms with van der Waals surface area (Å²) < 4.78 is 5.29. The van der Waals surface area contributed by atoms with E-state index in [9.17, 15) is 4.79 Å². The molecule has 4 heteroatoms. The van der Waals surface area contributed by atoms with Gasteiger partial charge in [0.1, 0.15) is 11.4 Å². The van der Waals surface area contributed by atoms with Gasteiger partial charge >= 0.3 is 0 Å². The Kier molecular flexibility index (Phi) is 3.83. The molecule has 0 aliphatic rings. The van der Waals surface area contributed by atoms with E-state index in [-0.39, 0.29) is 5.91 Å². The molecule has 0 aliphatic heterocycles. The monoisotopic (exact) mass is 294 g/mol. The van der Waals surface area contributed by atoms with Crippen LogP contribution in [0.5, 0.6) is 5.75 Å². The molecule has 0 spiro atoms. The van der Waals surface area contributed by atoms with E-state index in [0.29, 0.717) is 12.2 Å². The Morgan fingerprint density at radius 3 is 2.82 bits per heavy atom. The number of para-hydroxylation sites is 1. The summed E-state index contributed by atoms with van der Waals surface area (Å²) in [5.74, 6) is 0.648. The van der Waals surface area contributed by atoms with Gasteiger partial charge in [-0.15, -0.1) is 0 Å². The number of amides is 1. The van der Waals surface area contributed by atoms with Crippen LogP contribution in [-0.4, -0.2) is 18.0 Å². The van der Waals surface area contributed by atoms with Gasteiger partial charge in [0.05, 0.1) is 7.11 Å². The van der Waals surface area contributed by atoms with Crippen molar-refractivity contribution in [3.05, 3.63) is 65.4 Å². The Hall–Kier alpha value is -2.75. The summed E-state index contributed by atoms with van der Waals surface area (Å²) in [6, 6.07) is 15.6. The molecular formula is C18H18N2O2. The van der Waals surface area contributed by atoms with Crippen molar-refractivity contribution in [1.29, 1.82) is 0 Å². The second-order valence-electron chi connectivity index (χ2n) is 5.27. The van der Waals surface area contributed by atoms with Crippen LogP contribution in [0.15, 0.2) is 48.5 Å². The number of H-pyrrole nitrogens is 1. The van der Waals surface area contributed by atoms with E-state index in [1.807, 2.05) is 49.4 Å². The average molecular weight is 294 g/mol. The van der Waals surface area contributed by atoms with Gasteiger partial charge in [-0.1, -0.05) is 29.8 Å². The third-order valence-electron chi connectivity index (χ3n) is 3.65. The van der Waals surface area contributed by atoms with Crippen LogP contribution in [0.25, 0.3) is 10.9 Å². The number of aryl methyl sites for hydroxylation is 1. The van der Waals surface area contributed by atoms with Gasteiger partial charge in [-0.25, -0.2) is 0 Å². The zero-order chi connectivity index (χ0) is 15.5. The molecule has 3 rings (SSSR count). The van der Waals surface area contributed by atoms with Crippen LogP contribution in [0.1, 0.15) is 21.6 Å². The molecule has 3 aromatic rings. The molecule has 2 N–H and O–H groups in total. The predicted molar refractivity (Wildman–Crippen MR) is 87.2 cm³/mol. The normalized spacial score (nSPS) is 10.6. The number of carbonyl (C=O) groups is 1. The lowest BCUT2D eigenvalue weighted by Crippen LogP contribution is -2.23. The van der Waals surface area contributed by atoms with Crippen molar-refractivity contribution in [2.24, 2.45) is 0 Å². The fourth-order valence-corrected chi connectivity index (χ4v) is 2.49. The van der Waals surface area contributed by atoms with E-state index < -0.39 is 0 Å². The number of hydrogen-bond donors (Lipinski definition) is 2. The average Bonchev–Trinajstić information content (AvgIpc) is 2.96. The molecule has 112 valence electrons. The van der Waals surface area contributed by atoms with Crippen molar-refractivity contribution in [3.63, 3.8) is 0 Å². The van der Waals surface area contributed by atoms with Crippen molar-refractivity contribution in [2.45, 2.75) is 13.5 Å². The molecule has 1 heterocycles. The minimum atomic E-state index is -0.125. The van der Waals surface area contributed by atoms with Crippen molar-refractivity contribution in [1.82, 2.24) is 10.3 Å². The van der Waals surface area contributed by atoms with Gasteiger partial charge in [0, 0.05) is 23.0 Å². The van der Waals surface area contributed by atoms with Crippen LogP contribution in [-0.2, 0) is 6.54 Å². The highest BCUT2D eigenvalue weighted by Gasteiger charge is 2.10. The molecule has 0 atom stereocenters. The second-order valence-corrected chi connectivity index (χ2v) is 5.27. The molecule has 1 amide bonds. The van der Waals surface area contributed by atoms with Gasteiger partial charge in [-0.3, -0.25) is 4.79 Å². The number of carbonyl (C=O) groups excluding carboxylic acids is 1. The molecule has 0 saturated carbocycles. The molecule has 2 aromatic carbocycles. The Balaban J connectivity index is 1.76. The molecule has 0 saturated heterocycles. The van der Waals surface area contributed by atoms with E-state index in [4.69, 9.17) is 4.74 Å². The maximum Gasteiger partial charge on any atom is 0.267 e. The van der Waals surface area contributed by atoms with Crippen LogP contribution in [0.3, 0.4) is 0 Å². The topological polar surface area (TPSA) is 54.1 Å². The summed E-state index contributed by atoms with van der Waals surface area (Å²) in [5.41, 5.74) is 3.65. The smallest absolute Gasteiger partial charge is 0.267 e. The zero-order valence-electron chi connectivity index (χ0n) is 12.6. The summed E-state index contributed by atoms with van der Waals surface area (Å²) in [5, 5.41) is 3.96. The summed E-state index contributed by atoms with van der Waals surface area (Å²) in [6.45, 7) is 2.46. The lowest BCUT2D eigenvalue weighted by atomic mass is 10.2. The molecule has 0 aliphatic carbocycles. The number of ether oxygens (including phenoxy) is 1. The van der Waals surface area contributed by atoms with Gasteiger partial charge in [-0.2, -0.15) is 0 Å². The van der Waals surface area contributed by atoms with Crippen molar-refractivity contribution in [3.8, 4) is 5.75 Å². The largest absolute Gasteiger partial charge is 0.496 e. The quantitative estimate of drug-likeness (QED) is 0.774. The fourth-order valence-electron chi connectivity index (χ4n) is 2.49. The summed E-state index contributed by atoms with van der Waals surface area (Å²) >= 11 is 0. The molecule has 1 aromatic heterocycles. The second kappa shape index (κ2) is 5.93. The van der Waals surface area contributed by atoms with E-state index in [1.54, 1.807) is 7.11 Å². The van der Waals surface area contributed by atoms with Crippen molar-refractivity contribution < 1.29 is 9.53 Å². The van der Waals surface area contributed by atoms with E-state index >= 15 is 0 Å². The van der Waals surface area contributed by atoms with E-state index in [2.05, 4.69) is 16.4 Å². The van der Waals surface area contributed by atoms with E-state index in [1.165, 1.54) is 5.56 Å². The van der Waals surface area contributed by atoms with Gasteiger partial charge < -0.3 is 15.0 Å². The molecular weight excluding hydrogens is 276 g/mol. The number of rotatable bonds is 4. The fraction of sp³-hybridized carbons (Fsp3) is 0.167. The highest BCUT2D eigenvalue weighted by Crippen LogP contribution is 2.18. The number of aromatic amines is 1. The number of aromatic nitrogens is 1. The Morgan fingerprint density at radius 2 is 2.00 bits per heavy atom. The predicted octanol–water partition coefficient (Wildman–Crippen LogP) is 3.41. The number of hydrogen-bond acceptors (Lipinski definition) is 2. The van der Waals surface area contributed by atoms with Crippen LogP contribution in [0.4, 0.5) is 0 Å². The maximum absolute atomic E-state index is 12.3. The van der Waals surface area contributed by atoms with Crippen molar-refractivity contribution >= 4 is 16.8 Å². The lowest BCUT2D eigenvalue weighted by molar-refractivity contribution is 0.0946. The highest BCUT2D eigenvalue weighted by atomic mass is 16.5. The first-order valence-electron chi connectivity index (χ1n) is 7.17. The minimum Gasteiger partial charge on any atom is -0.496 e. The Bertz CT molecular complexity index is 821. The highest BCUT2D eigenvalue weighted by molar-refractivity contribution is 5.98. The number of fused-ring (bicyclic) bond motifs is 1. The standard InChI is InChI=1S/C18H18N2O2/c1-12-7-8-15-14(9-12)10-16(20-15)18(21)19-11-13-5-3-4-6-17(13)22-2/h3-10,20H,11H2,1-2H3,(H,19,21). The van der Waals surface area contributed by atoms with Crippen molar-refractivity contribution in [2.75, 3.05) is 7.11 Å². The first kappa shape index (κ1) is 14.2. The number of nitrogens with one attached hydrogen (secondary N) is 2. The van der Waals surface area contributed by atoms with Gasteiger partial charge in [0.2, 0.25) is 0 Å². The molecule has 0 unspecified atom stereocenters. The number of benzene rings is 2. The first-order chi connectivity index (χ1) is 10.7. The van der Waals surface area contributed by atoms with Crippen LogP contribution in [0, 0.1) is 6.92 Å². The summed E-state index contributed by atoms with van der Waals surface area (Å²) in [6.07, 6.45) is 0. The van der Waals surface area contributed by atoms with Crippen LogP contribution in [0.2, 0.25) is 0 Å². The summed E-state index contributed by atoms with van der Waals surface area (Å²) in [4.78, 5) is 15.4. The lowest BCUT2D eigenvalue weighted by Gasteiger charge is -2.08. The Labute approximate surface area is 129 Å². The molecule has 0 radical (unpaired) electrons. The SMILES string of the molecule is COc1ccccc1CNC(=O)c1cc2cc(C)ccc2[nH]1. The molecule has 0 fully saturated rings. The molecule has 22 heavy (non-hydrogen) atoms. The minimum absolute atomic E-state index is 0.125. The molecule has 0 bridgehead atoms. The summed E-state index contributed by atoms with van der Waals surface area (Å²) in [7, 11) is 1.63. The van der Waals surface area contributed by atoms with Gasteiger partial charge in [0.15, 0.2) is 0 Å². The number of methoxy groups -OCH3 is 1. The third-order valence-corrected chi connectivity index (χ3v) is 3.65. The van der Waals surface area contributed by atoms with E-state index in [0.717, 1.165) is 22.2 Å². The molecule has 4 nitrogen and oxygen atoms in total. The third kappa shape index (κ3) is 2.81. The Morgan fingerprint density at radius 1 is 1.18 bits per heavy atom. The first-order valence-corrected chi connectivity index (χ1v) is 7.17. The van der Waals surface area contributed by atoms with Gasteiger partial charge in [0.25, 0.3) is 5.91 Å². The van der Waals surface area contributed by atoms with Crippen LogP contribution >= 0.6 is 0 Å². The van der Waals surface area contributed by atoms with Gasteiger partial charge in [-0.05, 0) is 31.2 Å². The van der Waals surface area contributed by atoms with Crippen LogP contribution < -0.4 is 10.1 Å².